The van der Waals surface area contributed by atoms with Gasteiger partial charge in [0.15, 0.2) is 11.0 Å². The van der Waals surface area contributed by atoms with E-state index in [0.717, 1.165) is 17.0 Å². The van der Waals surface area contributed by atoms with Crippen LogP contribution in [0.5, 0.6) is 0 Å². The molecule has 0 bridgehead atoms. The van der Waals surface area contributed by atoms with Crippen molar-refractivity contribution in [3.05, 3.63) is 59.4 Å². The molecule has 0 aliphatic carbocycles. The number of benzene rings is 1. The normalized spacial score (nSPS) is 10.7. The number of pyridine rings is 1. The van der Waals surface area contributed by atoms with E-state index < -0.39 is 0 Å². The Balaban J connectivity index is 1.61. The molecule has 2 aromatic heterocycles. The Bertz CT molecular complexity index is 867. The molecule has 3 rings (SSSR count). The molecule has 0 fully saturated rings. The Hall–Kier alpha value is -2.38. The largest absolute Gasteiger partial charge is 0.351 e. The summed E-state index contributed by atoms with van der Waals surface area (Å²) in [5.74, 6) is 0.985. The molecule has 0 atom stereocenters. The summed E-state index contributed by atoms with van der Waals surface area (Å²) in [6.07, 6.45) is 3.44. The van der Waals surface area contributed by atoms with Crippen LogP contribution in [0.3, 0.4) is 0 Å². The molecule has 8 heteroatoms. The van der Waals surface area contributed by atoms with Crippen LogP contribution in [0.4, 0.5) is 0 Å². The van der Waals surface area contributed by atoms with Crippen LogP contribution >= 0.6 is 23.4 Å². The molecule has 6 nitrogen and oxygen atoms in total. The first kappa shape index (κ1) is 18.4. The first-order valence-electron chi connectivity index (χ1n) is 8.15. The Morgan fingerprint density at radius 2 is 2.04 bits per heavy atom. The number of rotatable bonds is 7. The molecule has 0 radical (unpaired) electrons. The smallest absolute Gasteiger partial charge is 0.230 e. The molecule has 1 aromatic carbocycles. The molecule has 0 aliphatic heterocycles. The van der Waals surface area contributed by atoms with E-state index in [-0.39, 0.29) is 11.7 Å². The van der Waals surface area contributed by atoms with Gasteiger partial charge in [0.1, 0.15) is 0 Å². The van der Waals surface area contributed by atoms with Crippen LogP contribution in [0.25, 0.3) is 11.4 Å². The minimum absolute atomic E-state index is 0.0578. The van der Waals surface area contributed by atoms with E-state index in [1.165, 1.54) is 11.8 Å². The second kappa shape index (κ2) is 8.82. The highest BCUT2D eigenvalue weighted by Gasteiger charge is 2.14. The third-order valence-corrected chi connectivity index (χ3v) is 4.90. The van der Waals surface area contributed by atoms with Crippen LogP contribution < -0.4 is 5.32 Å². The molecule has 26 heavy (non-hydrogen) atoms. The van der Waals surface area contributed by atoms with Gasteiger partial charge in [-0.2, -0.15) is 0 Å². The first-order valence-corrected chi connectivity index (χ1v) is 9.51. The Kier molecular flexibility index (Phi) is 6.25. The van der Waals surface area contributed by atoms with Gasteiger partial charge in [-0.25, -0.2) is 0 Å². The minimum Gasteiger partial charge on any atom is -0.351 e. The number of nitrogens with zero attached hydrogens (tertiary/aromatic N) is 4. The van der Waals surface area contributed by atoms with Crippen LogP contribution in [-0.4, -0.2) is 31.4 Å². The van der Waals surface area contributed by atoms with E-state index in [2.05, 4.69) is 20.5 Å². The average molecular weight is 388 g/mol. The third-order valence-electron chi connectivity index (χ3n) is 3.68. The highest BCUT2D eigenvalue weighted by Crippen LogP contribution is 2.25. The number of nitrogens with one attached hydrogen (secondary N) is 1. The second-order valence-electron chi connectivity index (χ2n) is 5.48. The van der Waals surface area contributed by atoms with Gasteiger partial charge in [0.25, 0.3) is 0 Å². The van der Waals surface area contributed by atoms with Crippen molar-refractivity contribution in [3.63, 3.8) is 0 Å². The van der Waals surface area contributed by atoms with Crippen molar-refractivity contribution in [1.29, 1.82) is 0 Å². The SMILES string of the molecule is CCn1c(SCC(=O)NCc2cccnc2)nnc1-c1ccc(Cl)cc1. The molecule has 0 spiro atoms. The van der Waals surface area contributed by atoms with Crippen LogP contribution in [0.2, 0.25) is 5.02 Å². The molecular formula is C18H18ClN5OS. The monoisotopic (exact) mass is 387 g/mol. The number of carbonyl (C=O) groups is 1. The van der Waals surface area contributed by atoms with Crippen LogP contribution in [0.1, 0.15) is 12.5 Å². The Labute approximate surface area is 161 Å². The fraction of sp³-hybridized carbons (Fsp3) is 0.222. The van der Waals surface area contributed by atoms with E-state index in [0.29, 0.717) is 23.3 Å². The van der Waals surface area contributed by atoms with E-state index in [9.17, 15) is 4.79 Å². The van der Waals surface area contributed by atoms with Gasteiger partial charge in [0, 0.05) is 36.1 Å². The maximum Gasteiger partial charge on any atom is 0.230 e. The molecule has 2 heterocycles. The topological polar surface area (TPSA) is 72.7 Å². The summed E-state index contributed by atoms with van der Waals surface area (Å²) in [5, 5.41) is 12.8. The van der Waals surface area contributed by atoms with Gasteiger partial charge < -0.3 is 9.88 Å². The van der Waals surface area contributed by atoms with Gasteiger partial charge >= 0.3 is 0 Å². The van der Waals surface area contributed by atoms with Crippen molar-refractivity contribution in [2.75, 3.05) is 5.75 Å². The number of thioether (sulfide) groups is 1. The Morgan fingerprint density at radius 3 is 2.73 bits per heavy atom. The number of halogens is 1. The third kappa shape index (κ3) is 4.62. The predicted molar refractivity (Wildman–Crippen MR) is 103 cm³/mol. The summed E-state index contributed by atoms with van der Waals surface area (Å²) in [7, 11) is 0. The van der Waals surface area contributed by atoms with Crippen molar-refractivity contribution in [3.8, 4) is 11.4 Å². The van der Waals surface area contributed by atoms with Gasteiger partial charge in [-0.05, 0) is 42.8 Å². The van der Waals surface area contributed by atoms with E-state index in [1.807, 2.05) is 47.9 Å². The summed E-state index contributed by atoms with van der Waals surface area (Å²) >= 11 is 7.31. The lowest BCUT2D eigenvalue weighted by atomic mass is 10.2. The van der Waals surface area contributed by atoms with Crippen LogP contribution in [-0.2, 0) is 17.9 Å². The second-order valence-corrected chi connectivity index (χ2v) is 6.86. The molecular weight excluding hydrogens is 370 g/mol. The first-order chi connectivity index (χ1) is 12.7. The molecule has 1 amide bonds. The van der Waals surface area contributed by atoms with Crippen LogP contribution in [0, 0.1) is 0 Å². The summed E-state index contributed by atoms with van der Waals surface area (Å²) in [6.45, 7) is 3.20. The summed E-state index contributed by atoms with van der Waals surface area (Å²) in [4.78, 5) is 16.1. The zero-order chi connectivity index (χ0) is 18.4. The minimum atomic E-state index is -0.0578. The molecule has 134 valence electrons. The number of hydrogen-bond acceptors (Lipinski definition) is 5. The average Bonchev–Trinajstić information content (AvgIpc) is 3.09. The van der Waals surface area contributed by atoms with Crippen molar-refractivity contribution >= 4 is 29.3 Å². The molecule has 0 saturated heterocycles. The zero-order valence-electron chi connectivity index (χ0n) is 14.2. The maximum atomic E-state index is 12.1. The Morgan fingerprint density at radius 1 is 1.23 bits per heavy atom. The lowest BCUT2D eigenvalue weighted by Crippen LogP contribution is -2.24. The van der Waals surface area contributed by atoms with Crippen molar-refractivity contribution in [2.24, 2.45) is 0 Å². The van der Waals surface area contributed by atoms with Crippen LogP contribution in [0.15, 0.2) is 53.9 Å². The lowest BCUT2D eigenvalue weighted by Gasteiger charge is -2.08. The van der Waals surface area contributed by atoms with E-state index >= 15 is 0 Å². The summed E-state index contributed by atoms with van der Waals surface area (Å²) in [5.41, 5.74) is 1.91. The van der Waals surface area contributed by atoms with Crippen molar-refractivity contribution in [2.45, 2.75) is 25.2 Å². The van der Waals surface area contributed by atoms with Gasteiger partial charge in [-0.3, -0.25) is 9.78 Å². The lowest BCUT2D eigenvalue weighted by molar-refractivity contribution is -0.118. The van der Waals surface area contributed by atoms with Crippen molar-refractivity contribution in [1.82, 2.24) is 25.1 Å². The maximum absolute atomic E-state index is 12.1. The summed E-state index contributed by atoms with van der Waals surface area (Å²) < 4.78 is 1.99. The molecule has 3 aromatic rings. The van der Waals surface area contributed by atoms with Gasteiger partial charge in [-0.1, -0.05) is 29.4 Å². The van der Waals surface area contributed by atoms with Crippen molar-refractivity contribution < 1.29 is 4.79 Å². The fourth-order valence-corrected chi connectivity index (χ4v) is 3.34. The predicted octanol–water partition coefficient (Wildman–Crippen LogP) is 3.42. The molecule has 0 unspecified atom stereocenters. The zero-order valence-corrected chi connectivity index (χ0v) is 15.8. The quantitative estimate of drug-likeness (QED) is 0.629. The van der Waals surface area contributed by atoms with Gasteiger partial charge in [0.05, 0.1) is 5.75 Å². The number of aromatic nitrogens is 4. The number of hydrogen-bond donors (Lipinski definition) is 1. The highest BCUT2D eigenvalue weighted by molar-refractivity contribution is 7.99. The highest BCUT2D eigenvalue weighted by atomic mass is 35.5. The fourth-order valence-electron chi connectivity index (χ4n) is 2.38. The summed E-state index contributed by atoms with van der Waals surface area (Å²) in [6, 6.07) is 11.2. The standard InChI is InChI=1S/C18H18ClN5OS/c1-2-24-17(14-5-7-15(19)8-6-14)22-23-18(24)26-12-16(25)21-11-13-4-3-9-20-10-13/h3-10H,2,11-12H2,1H3,(H,21,25). The van der Waals surface area contributed by atoms with Gasteiger partial charge in [0.2, 0.25) is 5.91 Å². The van der Waals surface area contributed by atoms with E-state index in [1.54, 1.807) is 12.4 Å². The molecule has 0 aliphatic rings. The number of amides is 1. The van der Waals surface area contributed by atoms with Gasteiger partial charge in [-0.15, -0.1) is 10.2 Å². The van der Waals surface area contributed by atoms with E-state index in [4.69, 9.17) is 11.6 Å². The molecule has 1 N–H and O–H groups in total. The number of carbonyl (C=O) groups excluding carboxylic acids is 1. The molecule has 0 saturated carbocycles.